The van der Waals surface area contributed by atoms with Crippen molar-refractivity contribution in [2.24, 2.45) is 11.3 Å². The molecule has 2 aliphatic heterocycles. The molecule has 204 valence electrons. The first-order chi connectivity index (χ1) is 17.0. The van der Waals surface area contributed by atoms with Crippen LogP contribution in [0, 0.1) is 11.3 Å². The van der Waals surface area contributed by atoms with E-state index in [-0.39, 0.29) is 6.42 Å². The van der Waals surface area contributed by atoms with Crippen LogP contribution in [0.2, 0.25) is 0 Å². The van der Waals surface area contributed by atoms with Crippen molar-refractivity contribution in [1.82, 2.24) is 0 Å². The van der Waals surface area contributed by atoms with Crippen molar-refractivity contribution in [2.75, 3.05) is 0 Å². The van der Waals surface area contributed by atoms with Gasteiger partial charge in [0.25, 0.3) is 0 Å². The van der Waals surface area contributed by atoms with Crippen LogP contribution in [0.3, 0.4) is 0 Å². The molecule has 4 rings (SSSR count). The van der Waals surface area contributed by atoms with Gasteiger partial charge in [-0.05, 0) is 32.4 Å². The van der Waals surface area contributed by atoms with Gasteiger partial charge in [0, 0.05) is 38.5 Å². The molecule has 0 unspecified atom stereocenters. The van der Waals surface area contributed by atoms with Crippen molar-refractivity contribution in [3.8, 4) is 0 Å². The maximum atomic E-state index is 13.0. The summed E-state index contributed by atoms with van der Waals surface area (Å²) in [6.45, 7) is 9.91. The normalized spacial score (nSPS) is 46.3. The van der Waals surface area contributed by atoms with Gasteiger partial charge in [0.2, 0.25) is 0 Å². The average Bonchev–Trinajstić information content (AvgIpc) is 3.35. The van der Waals surface area contributed by atoms with Crippen LogP contribution in [0.15, 0.2) is 23.8 Å². The zero-order valence-corrected chi connectivity index (χ0v) is 22.0. The average molecular weight is 523 g/mol. The second kappa shape index (κ2) is 8.64. The third-order valence-corrected chi connectivity index (χ3v) is 8.34. The summed E-state index contributed by atoms with van der Waals surface area (Å²) in [7, 11) is 0. The lowest BCUT2D eigenvalue weighted by Crippen LogP contribution is -2.67. The molecule has 11 heteroatoms. The Morgan fingerprint density at radius 3 is 2.16 bits per heavy atom. The molecule has 2 N–H and O–H groups in total. The lowest BCUT2D eigenvalue weighted by Gasteiger charge is -2.54. The highest BCUT2D eigenvalue weighted by Gasteiger charge is 2.87. The summed E-state index contributed by atoms with van der Waals surface area (Å²) in [6.07, 6.45) is -1.18. The number of hydrogen-bond acceptors (Lipinski definition) is 11. The zero-order valence-electron chi connectivity index (χ0n) is 22.0. The number of aliphatic hydroxyl groups excluding tert-OH is 1. The molecule has 0 aromatic heterocycles. The lowest BCUT2D eigenvalue weighted by molar-refractivity contribution is -0.215. The van der Waals surface area contributed by atoms with Crippen molar-refractivity contribution < 1.29 is 53.1 Å². The minimum absolute atomic E-state index is 0.0242. The lowest BCUT2D eigenvalue weighted by atomic mass is 9.55. The maximum absolute atomic E-state index is 13.0. The van der Waals surface area contributed by atoms with Gasteiger partial charge in [-0.1, -0.05) is 19.1 Å². The molecule has 0 bridgehead atoms. The van der Waals surface area contributed by atoms with E-state index < -0.39 is 82.5 Å². The Labute approximate surface area is 214 Å². The van der Waals surface area contributed by atoms with Gasteiger partial charge in [0.1, 0.15) is 24.4 Å². The van der Waals surface area contributed by atoms with Crippen molar-refractivity contribution in [3.63, 3.8) is 0 Å². The topological polar surface area (TPSA) is 158 Å². The smallest absolute Gasteiger partial charge is 0.342 e. The van der Waals surface area contributed by atoms with E-state index in [2.05, 4.69) is 0 Å². The second-order valence-electron chi connectivity index (χ2n) is 11.0. The number of carbonyl (C=O) groups excluding carboxylic acids is 4. The van der Waals surface area contributed by atoms with Crippen LogP contribution in [0.25, 0.3) is 0 Å². The van der Waals surface area contributed by atoms with Crippen LogP contribution < -0.4 is 0 Å². The minimum atomic E-state index is -1.95. The maximum Gasteiger partial charge on any atom is 0.342 e. The Hall–Kier alpha value is -2.76. The number of esters is 4. The summed E-state index contributed by atoms with van der Waals surface area (Å²) in [5.41, 5.74) is -5.85. The molecule has 1 spiro atoms. The largest absolute Gasteiger partial charge is 0.461 e. The van der Waals surface area contributed by atoms with E-state index in [1.165, 1.54) is 40.7 Å². The van der Waals surface area contributed by atoms with Gasteiger partial charge in [0.05, 0.1) is 5.60 Å². The quantitative estimate of drug-likeness (QED) is 0.235. The molecule has 2 heterocycles. The number of carbonyl (C=O) groups is 4. The molecule has 10 atom stereocenters. The molecular weight excluding hydrogens is 488 g/mol. The van der Waals surface area contributed by atoms with Crippen molar-refractivity contribution in [1.29, 1.82) is 0 Å². The first-order valence-electron chi connectivity index (χ1n) is 12.2. The standard InChI is InChI=1S/C26H34O11/c1-12-10-19-26(25(7,37-26)22(31)36-19)21(35-15(4)29)20-23(5,9-8-17(30)24(20,6)32)18(34-14(3)28)11-16(12)33-13(2)27/h8-10,16-21,30,32H,11H2,1-7H3/t16-,17-,18+,19+,20-,21+,23-,24+,25+,26+/m0/s1. The van der Waals surface area contributed by atoms with Crippen molar-refractivity contribution >= 4 is 23.9 Å². The molecule has 11 nitrogen and oxygen atoms in total. The fourth-order valence-corrected chi connectivity index (χ4v) is 6.44. The monoisotopic (exact) mass is 522 g/mol. The molecule has 0 saturated carbocycles. The van der Waals surface area contributed by atoms with Gasteiger partial charge in [0.15, 0.2) is 17.3 Å². The Bertz CT molecular complexity index is 1090. The zero-order chi connectivity index (χ0) is 27.7. The number of ether oxygens (including phenoxy) is 5. The Morgan fingerprint density at radius 1 is 1.03 bits per heavy atom. The summed E-state index contributed by atoms with van der Waals surface area (Å²) in [5.74, 6) is -3.78. The third kappa shape index (κ3) is 3.98. The first-order valence-corrected chi connectivity index (χ1v) is 12.2. The third-order valence-electron chi connectivity index (χ3n) is 8.34. The molecule has 2 aliphatic carbocycles. The summed E-state index contributed by atoms with van der Waals surface area (Å²) in [4.78, 5) is 49.7. The van der Waals surface area contributed by atoms with Crippen molar-refractivity contribution in [3.05, 3.63) is 23.8 Å². The number of fused-ring (bicyclic) bond motifs is 1. The van der Waals surface area contributed by atoms with Gasteiger partial charge in [-0.3, -0.25) is 14.4 Å². The van der Waals surface area contributed by atoms with Gasteiger partial charge >= 0.3 is 23.9 Å². The van der Waals surface area contributed by atoms with Crippen LogP contribution >= 0.6 is 0 Å². The van der Waals surface area contributed by atoms with E-state index >= 15 is 0 Å². The fourth-order valence-electron chi connectivity index (χ4n) is 6.44. The van der Waals surface area contributed by atoms with Gasteiger partial charge in [-0.15, -0.1) is 0 Å². The summed E-state index contributed by atoms with van der Waals surface area (Å²) >= 11 is 0. The minimum Gasteiger partial charge on any atom is -0.461 e. The van der Waals surface area contributed by atoms with Gasteiger partial charge < -0.3 is 33.9 Å². The summed E-state index contributed by atoms with van der Waals surface area (Å²) in [5, 5.41) is 22.6. The van der Waals surface area contributed by atoms with Gasteiger partial charge in [-0.25, -0.2) is 4.79 Å². The molecule has 37 heavy (non-hydrogen) atoms. The van der Waals surface area contributed by atoms with Crippen LogP contribution in [0.5, 0.6) is 0 Å². The first kappa shape index (κ1) is 27.3. The number of hydrogen-bond donors (Lipinski definition) is 2. The highest BCUT2D eigenvalue weighted by molar-refractivity contribution is 5.89. The molecule has 0 radical (unpaired) electrons. The molecule has 0 amide bonds. The predicted molar refractivity (Wildman–Crippen MR) is 125 cm³/mol. The van der Waals surface area contributed by atoms with Crippen molar-refractivity contribution in [2.45, 2.75) is 102 Å². The van der Waals surface area contributed by atoms with Crippen LogP contribution in [-0.4, -0.2) is 81.4 Å². The Kier molecular flexibility index (Phi) is 6.37. The number of aliphatic hydroxyl groups is 2. The van der Waals surface area contributed by atoms with E-state index in [0.29, 0.717) is 5.57 Å². The Morgan fingerprint density at radius 2 is 1.62 bits per heavy atom. The SMILES string of the molecule is CC(=O)O[C@H]1C[C@@H](OC(C)=O)[C@]2(C)C=C[C@H](O)[C@@](C)(O)[C@H]2[C@@H](OC(C)=O)[C@@]23O[C@]2(C)C(=O)O[C@@H]3C=C1C. The number of rotatable bonds is 3. The van der Waals surface area contributed by atoms with Crippen LogP contribution in [0.4, 0.5) is 0 Å². The predicted octanol–water partition coefficient (Wildman–Crippen LogP) is 0.889. The summed E-state index contributed by atoms with van der Waals surface area (Å²) in [6, 6.07) is 0. The highest BCUT2D eigenvalue weighted by atomic mass is 16.7. The molecule has 2 saturated heterocycles. The van der Waals surface area contributed by atoms with Crippen LogP contribution in [-0.2, 0) is 42.9 Å². The van der Waals surface area contributed by atoms with E-state index in [0.717, 1.165) is 0 Å². The van der Waals surface area contributed by atoms with E-state index in [1.54, 1.807) is 26.0 Å². The second-order valence-corrected chi connectivity index (χ2v) is 11.0. The Balaban J connectivity index is 2.03. The van der Waals surface area contributed by atoms with Gasteiger partial charge in [-0.2, -0.15) is 0 Å². The summed E-state index contributed by atoms with van der Waals surface area (Å²) < 4.78 is 28.9. The molecule has 0 aromatic carbocycles. The number of epoxide rings is 1. The fraction of sp³-hybridized carbons (Fsp3) is 0.692. The molecular formula is C26H34O11. The van der Waals surface area contributed by atoms with E-state index in [9.17, 15) is 29.4 Å². The molecule has 2 fully saturated rings. The molecule has 0 aromatic rings. The van der Waals surface area contributed by atoms with E-state index in [1.807, 2.05) is 0 Å². The van der Waals surface area contributed by atoms with E-state index in [4.69, 9.17) is 23.7 Å². The molecule has 4 aliphatic rings. The van der Waals surface area contributed by atoms with Crippen LogP contribution in [0.1, 0.15) is 54.9 Å². The highest BCUT2D eigenvalue weighted by Crippen LogP contribution is 2.65.